The zero-order valence-electron chi connectivity index (χ0n) is 13.5. The van der Waals surface area contributed by atoms with Crippen molar-refractivity contribution in [3.8, 4) is 0 Å². The van der Waals surface area contributed by atoms with Crippen molar-refractivity contribution in [3.63, 3.8) is 0 Å². The molecule has 1 amide bonds. The molecule has 3 rings (SSSR count). The number of carbonyl (C=O) groups excluding carboxylic acids is 1. The Balaban J connectivity index is 2.03. The molecule has 24 heavy (non-hydrogen) atoms. The Hall–Kier alpha value is -1.99. The Morgan fingerprint density at radius 2 is 2.12 bits per heavy atom. The third-order valence-electron chi connectivity index (χ3n) is 3.90. The van der Waals surface area contributed by atoms with Crippen molar-refractivity contribution in [2.24, 2.45) is 0 Å². The average molecular weight is 406 g/mol. The van der Waals surface area contributed by atoms with Crippen molar-refractivity contribution >= 4 is 49.1 Å². The van der Waals surface area contributed by atoms with Crippen LogP contribution in [0.3, 0.4) is 0 Å². The predicted octanol–water partition coefficient (Wildman–Crippen LogP) is 4.11. The Labute approximate surface area is 151 Å². The summed E-state index contributed by atoms with van der Waals surface area (Å²) in [6.07, 6.45) is 1.53. The van der Waals surface area contributed by atoms with Gasteiger partial charge in [0.05, 0.1) is 16.6 Å². The van der Waals surface area contributed by atoms with Crippen molar-refractivity contribution in [1.82, 2.24) is 9.55 Å². The number of nitrogens with one attached hydrogen (secondary N) is 1. The Bertz CT molecular complexity index is 1010. The lowest BCUT2D eigenvalue weighted by atomic mass is 10.2. The van der Waals surface area contributed by atoms with Crippen LogP contribution in [0.25, 0.3) is 10.2 Å². The van der Waals surface area contributed by atoms with Crippen molar-refractivity contribution in [2.45, 2.75) is 27.3 Å². The topological polar surface area (TPSA) is 64.0 Å². The van der Waals surface area contributed by atoms with E-state index in [2.05, 4.69) is 26.2 Å². The summed E-state index contributed by atoms with van der Waals surface area (Å²) >= 11 is 4.66. The largest absolute Gasteiger partial charge is 0.321 e. The maximum absolute atomic E-state index is 12.7. The molecule has 0 fully saturated rings. The quantitative estimate of drug-likeness (QED) is 0.712. The first kappa shape index (κ1) is 16.9. The molecule has 2 aromatic heterocycles. The van der Waals surface area contributed by atoms with Crippen LogP contribution in [0.15, 0.2) is 33.8 Å². The first-order valence-electron chi connectivity index (χ1n) is 7.48. The highest BCUT2D eigenvalue weighted by Crippen LogP contribution is 2.28. The van der Waals surface area contributed by atoms with E-state index in [0.717, 1.165) is 15.7 Å². The molecule has 3 aromatic rings. The van der Waals surface area contributed by atoms with Crippen LogP contribution in [0.1, 0.15) is 27.7 Å². The summed E-state index contributed by atoms with van der Waals surface area (Å²) in [5.74, 6) is -0.219. The number of hydrogen-bond acceptors (Lipinski definition) is 4. The lowest BCUT2D eigenvalue weighted by Crippen LogP contribution is -2.19. The number of anilines is 1. The third kappa shape index (κ3) is 2.89. The van der Waals surface area contributed by atoms with Gasteiger partial charge < -0.3 is 5.32 Å². The molecule has 7 heteroatoms. The van der Waals surface area contributed by atoms with Gasteiger partial charge >= 0.3 is 0 Å². The minimum absolute atomic E-state index is 0.102. The molecule has 1 aromatic carbocycles. The summed E-state index contributed by atoms with van der Waals surface area (Å²) in [5, 5.41) is 3.45. The van der Waals surface area contributed by atoms with Crippen molar-refractivity contribution in [3.05, 3.63) is 55.4 Å². The lowest BCUT2D eigenvalue weighted by Gasteiger charge is -2.08. The van der Waals surface area contributed by atoms with Crippen molar-refractivity contribution in [1.29, 1.82) is 0 Å². The lowest BCUT2D eigenvalue weighted by molar-refractivity contribution is 0.103. The fourth-order valence-corrected chi connectivity index (χ4v) is 4.06. The minimum atomic E-state index is -0.219. The number of fused-ring (bicyclic) bond motifs is 1. The zero-order chi connectivity index (χ0) is 17.4. The highest BCUT2D eigenvalue weighted by atomic mass is 79.9. The van der Waals surface area contributed by atoms with E-state index in [-0.39, 0.29) is 11.5 Å². The second-order valence-corrected chi connectivity index (χ2v) is 7.40. The van der Waals surface area contributed by atoms with Crippen LogP contribution in [-0.2, 0) is 6.54 Å². The highest BCUT2D eigenvalue weighted by Gasteiger charge is 2.19. The fourth-order valence-electron chi connectivity index (χ4n) is 2.55. The third-order valence-corrected chi connectivity index (χ3v) is 5.59. The molecule has 5 nitrogen and oxygen atoms in total. The normalized spacial score (nSPS) is 11.0. The molecule has 124 valence electrons. The summed E-state index contributed by atoms with van der Waals surface area (Å²) in [5.41, 5.74) is 2.29. The second-order valence-electron chi connectivity index (χ2n) is 5.49. The van der Waals surface area contributed by atoms with Gasteiger partial charge in [0.1, 0.15) is 4.83 Å². The van der Waals surface area contributed by atoms with E-state index in [1.54, 1.807) is 11.5 Å². The van der Waals surface area contributed by atoms with Crippen LogP contribution in [-0.4, -0.2) is 15.5 Å². The number of hydrogen-bond donors (Lipinski definition) is 1. The van der Waals surface area contributed by atoms with Crippen molar-refractivity contribution < 1.29 is 4.79 Å². The van der Waals surface area contributed by atoms with Gasteiger partial charge in [-0.25, -0.2) is 4.98 Å². The van der Waals surface area contributed by atoms with E-state index in [4.69, 9.17) is 0 Å². The Morgan fingerprint density at radius 1 is 1.38 bits per heavy atom. The SMILES string of the molecule is CCn1cnc2sc(C(=O)Nc3ccc(Br)cc3C)c(C)c2c1=O. The van der Waals surface area contributed by atoms with E-state index >= 15 is 0 Å². The van der Waals surface area contributed by atoms with E-state index in [1.165, 1.54) is 17.7 Å². The molecule has 0 aliphatic carbocycles. The van der Waals surface area contributed by atoms with Crippen LogP contribution in [0.4, 0.5) is 5.69 Å². The number of aromatic nitrogens is 2. The molecular weight excluding hydrogens is 390 g/mol. The van der Waals surface area contributed by atoms with Crippen LogP contribution in [0.5, 0.6) is 0 Å². The predicted molar refractivity (Wildman–Crippen MR) is 101 cm³/mol. The molecule has 0 spiro atoms. The minimum Gasteiger partial charge on any atom is -0.321 e. The summed E-state index contributed by atoms with van der Waals surface area (Å²) in [7, 11) is 0. The highest BCUT2D eigenvalue weighted by molar-refractivity contribution is 9.10. The number of rotatable bonds is 3. The average Bonchev–Trinajstić information content (AvgIpc) is 2.88. The summed E-state index contributed by atoms with van der Waals surface area (Å²) < 4.78 is 2.50. The van der Waals surface area contributed by atoms with E-state index < -0.39 is 0 Å². The summed E-state index contributed by atoms with van der Waals surface area (Å²) in [4.78, 5) is 30.5. The number of halogens is 1. The van der Waals surface area contributed by atoms with Gasteiger partial charge in [0.15, 0.2) is 0 Å². The molecule has 2 heterocycles. The first-order valence-corrected chi connectivity index (χ1v) is 9.09. The Kier molecular flexibility index (Phi) is 4.56. The molecule has 1 N–H and O–H groups in total. The van der Waals surface area contributed by atoms with Gasteiger partial charge in [-0.1, -0.05) is 15.9 Å². The first-order chi connectivity index (χ1) is 11.4. The number of nitrogens with zero attached hydrogens (tertiary/aromatic N) is 2. The van der Waals surface area contributed by atoms with Crippen LogP contribution in [0, 0.1) is 13.8 Å². The molecule has 0 unspecified atom stereocenters. The summed E-state index contributed by atoms with van der Waals surface area (Å²) in [6.45, 7) is 6.17. The number of benzene rings is 1. The van der Waals surface area contributed by atoms with Gasteiger partial charge in [-0.05, 0) is 50.1 Å². The van der Waals surface area contributed by atoms with E-state index in [1.807, 2.05) is 32.0 Å². The van der Waals surface area contributed by atoms with E-state index in [0.29, 0.717) is 27.2 Å². The zero-order valence-corrected chi connectivity index (χ0v) is 15.9. The van der Waals surface area contributed by atoms with Gasteiger partial charge in [-0.15, -0.1) is 11.3 Å². The summed E-state index contributed by atoms with van der Waals surface area (Å²) in [6, 6.07) is 5.67. The fraction of sp³-hybridized carbons (Fsp3) is 0.235. The Morgan fingerprint density at radius 3 is 2.79 bits per heavy atom. The van der Waals surface area contributed by atoms with Gasteiger partial charge in [0, 0.05) is 16.7 Å². The van der Waals surface area contributed by atoms with Gasteiger partial charge in [-0.3, -0.25) is 14.2 Å². The van der Waals surface area contributed by atoms with Crippen molar-refractivity contribution in [2.75, 3.05) is 5.32 Å². The van der Waals surface area contributed by atoms with Gasteiger partial charge in [0.25, 0.3) is 11.5 Å². The van der Waals surface area contributed by atoms with Crippen LogP contribution in [0.2, 0.25) is 0 Å². The van der Waals surface area contributed by atoms with E-state index in [9.17, 15) is 9.59 Å². The number of thiophene rings is 1. The molecule has 0 atom stereocenters. The molecule has 0 aliphatic heterocycles. The molecule has 0 saturated carbocycles. The monoisotopic (exact) mass is 405 g/mol. The number of amides is 1. The molecule has 0 bridgehead atoms. The van der Waals surface area contributed by atoms with Crippen LogP contribution >= 0.6 is 27.3 Å². The van der Waals surface area contributed by atoms with Gasteiger partial charge in [-0.2, -0.15) is 0 Å². The molecule has 0 aliphatic rings. The van der Waals surface area contributed by atoms with Gasteiger partial charge in [0.2, 0.25) is 0 Å². The number of carbonyl (C=O) groups is 1. The maximum Gasteiger partial charge on any atom is 0.266 e. The standard InChI is InChI=1S/C17H16BrN3O2S/c1-4-21-8-19-16-13(17(21)23)10(3)14(24-16)15(22)20-12-6-5-11(18)7-9(12)2/h5-8H,4H2,1-3H3,(H,20,22). The molecule has 0 radical (unpaired) electrons. The maximum atomic E-state index is 12.7. The molecular formula is C17H16BrN3O2S. The second kappa shape index (κ2) is 6.49. The number of aryl methyl sites for hydroxylation is 3. The smallest absolute Gasteiger partial charge is 0.266 e. The van der Waals surface area contributed by atoms with Crippen LogP contribution < -0.4 is 10.9 Å². The molecule has 0 saturated heterocycles.